The van der Waals surface area contributed by atoms with Crippen molar-refractivity contribution >= 4 is 23.1 Å². The van der Waals surface area contributed by atoms with Crippen molar-refractivity contribution < 1.29 is 19.0 Å². The summed E-state index contributed by atoms with van der Waals surface area (Å²) in [4.78, 5) is 19.1. The number of rotatable bonds is 5. The Hall–Kier alpha value is -3.33. The van der Waals surface area contributed by atoms with Crippen LogP contribution in [0.3, 0.4) is 0 Å². The van der Waals surface area contributed by atoms with Crippen LogP contribution in [0.5, 0.6) is 17.2 Å². The van der Waals surface area contributed by atoms with E-state index in [4.69, 9.17) is 14.2 Å². The van der Waals surface area contributed by atoms with Gasteiger partial charge in [0.2, 0.25) is 11.7 Å². The van der Waals surface area contributed by atoms with Gasteiger partial charge in [-0.1, -0.05) is 6.07 Å². The second-order valence-electron chi connectivity index (χ2n) is 7.42. The molecule has 0 bridgehead atoms. The summed E-state index contributed by atoms with van der Waals surface area (Å²) in [5, 5.41) is 9.81. The molecule has 9 heteroatoms. The number of Topliss-reactive ketones (excluding diaryl/α,β-unsaturated/α-hetero) is 1. The lowest BCUT2D eigenvalue weighted by Gasteiger charge is -2.35. The molecule has 1 aromatic carbocycles. The molecule has 2 atom stereocenters. The highest BCUT2D eigenvalue weighted by atomic mass is 32.1. The number of carbonyl (C=O) groups excluding carboxylic acids is 1. The SMILES string of the molecule is COc1ccc(C2C3=C(CC(c4cccs4)CC3=O)Nc3ncnn32)c(OC)c1OC. The number of hydrogen-bond acceptors (Lipinski definition) is 8. The van der Waals surface area contributed by atoms with Gasteiger partial charge < -0.3 is 19.5 Å². The van der Waals surface area contributed by atoms with Crippen molar-refractivity contribution in [1.82, 2.24) is 14.8 Å². The van der Waals surface area contributed by atoms with Gasteiger partial charge in [0.05, 0.1) is 21.3 Å². The van der Waals surface area contributed by atoms with Crippen LogP contribution in [-0.4, -0.2) is 41.9 Å². The fourth-order valence-corrected chi connectivity index (χ4v) is 5.33. The third kappa shape index (κ3) is 3.07. The zero-order valence-electron chi connectivity index (χ0n) is 17.4. The Labute approximate surface area is 183 Å². The summed E-state index contributed by atoms with van der Waals surface area (Å²) in [6.07, 6.45) is 2.68. The van der Waals surface area contributed by atoms with Crippen LogP contribution in [0.4, 0.5) is 5.95 Å². The van der Waals surface area contributed by atoms with Crippen LogP contribution in [0.15, 0.2) is 47.2 Å². The third-order valence-corrected chi connectivity index (χ3v) is 6.87. The summed E-state index contributed by atoms with van der Waals surface area (Å²) in [6.45, 7) is 0. The van der Waals surface area contributed by atoms with Crippen LogP contribution >= 0.6 is 11.3 Å². The van der Waals surface area contributed by atoms with Gasteiger partial charge in [0.15, 0.2) is 17.3 Å². The number of nitrogens with zero attached hydrogens (tertiary/aromatic N) is 3. The van der Waals surface area contributed by atoms with Crippen molar-refractivity contribution in [3.8, 4) is 17.2 Å². The second-order valence-corrected chi connectivity index (χ2v) is 8.39. The topological polar surface area (TPSA) is 87.5 Å². The number of methoxy groups -OCH3 is 3. The normalized spacial score (nSPS) is 20.0. The molecule has 0 saturated heterocycles. The van der Waals surface area contributed by atoms with Gasteiger partial charge in [-0.2, -0.15) is 10.1 Å². The summed E-state index contributed by atoms with van der Waals surface area (Å²) in [6, 6.07) is 7.35. The molecule has 2 aromatic heterocycles. The van der Waals surface area contributed by atoms with Crippen molar-refractivity contribution in [1.29, 1.82) is 0 Å². The van der Waals surface area contributed by atoms with Crippen molar-refractivity contribution in [2.24, 2.45) is 0 Å². The van der Waals surface area contributed by atoms with E-state index in [0.29, 0.717) is 35.2 Å². The number of anilines is 1. The first-order valence-corrected chi connectivity index (χ1v) is 10.8. The molecule has 0 radical (unpaired) electrons. The number of ketones is 1. The Morgan fingerprint density at radius 2 is 1.94 bits per heavy atom. The molecule has 0 saturated carbocycles. The molecule has 0 spiro atoms. The van der Waals surface area contributed by atoms with Gasteiger partial charge in [-0.3, -0.25) is 4.79 Å². The lowest BCUT2D eigenvalue weighted by Crippen LogP contribution is -2.33. The van der Waals surface area contributed by atoms with Crippen LogP contribution in [-0.2, 0) is 4.79 Å². The minimum absolute atomic E-state index is 0.0927. The van der Waals surface area contributed by atoms with Crippen molar-refractivity contribution in [3.05, 3.63) is 57.7 Å². The summed E-state index contributed by atoms with van der Waals surface area (Å²) in [7, 11) is 4.72. The molecule has 8 nitrogen and oxygen atoms in total. The molecule has 2 aliphatic rings. The predicted molar refractivity (Wildman–Crippen MR) is 116 cm³/mol. The highest BCUT2D eigenvalue weighted by Gasteiger charge is 2.41. The van der Waals surface area contributed by atoms with Crippen LogP contribution in [0, 0.1) is 0 Å². The molecule has 5 rings (SSSR count). The Balaban J connectivity index is 1.67. The van der Waals surface area contributed by atoms with E-state index < -0.39 is 6.04 Å². The maximum Gasteiger partial charge on any atom is 0.226 e. The van der Waals surface area contributed by atoms with Crippen LogP contribution in [0.2, 0.25) is 0 Å². The Morgan fingerprint density at radius 3 is 2.65 bits per heavy atom. The lowest BCUT2D eigenvalue weighted by atomic mass is 9.79. The molecular weight excluding hydrogens is 416 g/mol. The van der Waals surface area contributed by atoms with Crippen LogP contribution < -0.4 is 19.5 Å². The minimum Gasteiger partial charge on any atom is -0.493 e. The molecule has 3 aromatic rings. The molecule has 0 amide bonds. The summed E-state index contributed by atoms with van der Waals surface area (Å²) in [5.41, 5.74) is 2.34. The summed E-state index contributed by atoms with van der Waals surface area (Å²) in [5.74, 6) is 2.38. The maximum atomic E-state index is 13.5. The smallest absolute Gasteiger partial charge is 0.226 e. The van der Waals surface area contributed by atoms with Crippen LogP contribution in [0.25, 0.3) is 0 Å². The first-order valence-electron chi connectivity index (χ1n) is 9.91. The molecule has 1 aliphatic carbocycles. The Bertz CT molecular complexity index is 1170. The summed E-state index contributed by atoms with van der Waals surface area (Å²) >= 11 is 1.68. The van der Waals surface area contributed by atoms with E-state index in [-0.39, 0.29) is 11.7 Å². The lowest BCUT2D eigenvalue weighted by molar-refractivity contribution is -0.116. The highest BCUT2D eigenvalue weighted by Crippen LogP contribution is 2.49. The Kier molecular flexibility index (Phi) is 4.90. The number of ether oxygens (including phenoxy) is 3. The fraction of sp³-hybridized carbons (Fsp3) is 0.318. The molecular formula is C22H22N4O4S. The van der Waals surface area contributed by atoms with E-state index in [1.807, 2.05) is 23.6 Å². The Morgan fingerprint density at radius 1 is 1.10 bits per heavy atom. The number of hydrogen-bond donors (Lipinski definition) is 1. The monoisotopic (exact) mass is 438 g/mol. The van der Waals surface area contributed by atoms with Gasteiger partial charge in [-0.25, -0.2) is 4.68 Å². The van der Waals surface area contributed by atoms with E-state index in [1.165, 1.54) is 11.2 Å². The zero-order valence-corrected chi connectivity index (χ0v) is 18.2. The molecule has 1 aliphatic heterocycles. The molecule has 3 heterocycles. The first-order chi connectivity index (χ1) is 15.2. The van der Waals surface area contributed by atoms with Crippen molar-refractivity contribution in [2.45, 2.75) is 24.8 Å². The number of aromatic nitrogens is 3. The average Bonchev–Trinajstić information content (AvgIpc) is 3.48. The molecule has 1 N–H and O–H groups in total. The van der Waals surface area contributed by atoms with Gasteiger partial charge in [0.1, 0.15) is 12.4 Å². The van der Waals surface area contributed by atoms with E-state index in [1.54, 1.807) is 37.3 Å². The number of thiophene rings is 1. The standard InChI is InChI=1S/C22H22N4O4S/c1-28-16-7-6-13(20(29-2)21(16)30-3)19-18-14(25-22-23-11-24-26(19)22)9-12(10-15(18)27)17-5-4-8-31-17/h4-8,11-12,19H,9-10H2,1-3H3,(H,23,24,25). The van der Waals surface area contributed by atoms with E-state index in [2.05, 4.69) is 21.5 Å². The first kappa shape index (κ1) is 19.6. The molecule has 31 heavy (non-hydrogen) atoms. The number of carbonyl (C=O) groups is 1. The number of allylic oxidation sites excluding steroid dienone is 2. The number of nitrogens with one attached hydrogen (secondary N) is 1. The van der Waals surface area contributed by atoms with E-state index >= 15 is 0 Å². The summed E-state index contributed by atoms with van der Waals surface area (Å²) < 4.78 is 18.5. The molecule has 2 unspecified atom stereocenters. The van der Waals surface area contributed by atoms with Crippen molar-refractivity contribution in [2.75, 3.05) is 26.6 Å². The second kappa shape index (κ2) is 7.73. The van der Waals surface area contributed by atoms with Crippen LogP contribution in [0.1, 0.15) is 35.2 Å². The fourth-order valence-electron chi connectivity index (χ4n) is 4.50. The van der Waals surface area contributed by atoms with Gasteiger partial charge >= 0.3 is 0 Å². The van der Waals surface area contributed by atoms with Gasteiger partial charge in [0.25, 0.3) is 0 Å². The number of benzene rings is 1. The highest BCUT2D eigenvalue weighted by molar-refractivity contribution is 7.10. The molecule has 160 valence electrons. The number of fused-ring (bicyclic) bond motifs is 1. The third-order valence-electron chi connectivity index (χ3n) is 5.84. The quantitative estimate of drug-likeness (QED) is 0.649. The average molecular weight is 439 g/mol. The van der Waals surface area contributed by atoms with Gasteiger partial charge in [-0.05, 0) is 30.0 Å². The van der Waals surface area contributed by atoms with E-state index in [9.17, 15) is 4.79 Å². The van der Waals surface area contributed by atoms with Gasteiger partial charge in [-0.15, -0.1) is 11.3 Å². The largest absolute Gasteiger partial charge is 0.493 e. The maximum absolute atomic E-state index is 13.5. The predicted octanol–water partition coefficient (Wildman–Crippen LogP) is 3.78. The minimum atomic E-state index is -0.472. The zero-order chi connectivity index (χ0) is 21.5. The van der Waals surface area contributed by atoms with E-state index in [0.717, 1.165) is 17.7 Å². The van der Waals surface area contributed by atoms with Crippen molar-refractivity contribution in [3.63, 3.8) is 0 Å². The molecule has 0 fully saturated rings. The van der Waals surface area contributed by atoms with Gasteiger partial charge in [0, 0.05) is 34.0 Å².